The molecule has 1 aromatic rings. The van der Waals surface area contributed by atoms with E-state index in [2.05, 4.69) is 5.32 Å². The molecule has 0 aromatic heterocycles. The van der Waals surface area contributed by atoms with Crippen LogP contribution < -0.4 is 19.5 Å². The zero-order valence-corrected chi connectivity index (χ0v) is 15.5. The van der Waals surface area contributed by atoms with Gasteiger partial charge in [-0.15, -0.1) is 0 Å². The Morgan fingerprint density at radius 1 is 1.08 bits per heavy atom. The second kappa shape index (κ2) is 8.77. The number of benzene rings is 1. The number of amides is 1. The summed E-state index contributed by atoms with van der Waals surface area (Å²) in [4.78, 5) is 11.6. The molecule has 0 radical (unpaired) electrons. The van der Waals surface area contributed by atoms with Crippen molar-refractivity contribution < 1.29 is 34.0 Å². The molecule has 0 fully saturated rings. The molecule has 0 aliphatic carbocycles. The predicted octanol–water partition coefficient (Wildman–Crippen LogP) is 1.63. The van der Waals surface area contributed by atoms with Gasteiger partial charge < -0.3 is 34.5 Å². The van der Waals surface area contributed by atoms with Crippen molar-refractivity contribution >= 4 is 6.09 Å². The van der Waals surface area contributed by atoms with Crippen molar-refractivity contribution in [3.63, 3.8) is 0 Å². The van der Waals surface area contributed by atoms with Gasteiger partial charge in [-0.2, -0.15) is 0 Å². The van der Waals surface area contributed by atoms with Crippen LogP contribution in [0.1, 0.15) is 32.4 Å². The molecular formula is C17H27NO7. The van der Waals surface area contributed by atoms with E-state index < -0.39 is 23.9 Å². The zero-order valence-electron chi connectivity index (χ0n) is 15.5. The molecule has 0 spiro atoms. The molecule has 0 bridgehead atoms. The van der Waals surface area contributed by atoms with Crippen LogP contribution in [0.15, 0.2) is 12.1 Å². The molecule has 1 amide bonds. The third-order valence-corrected chi connectivity index (χ3v) is 3.27. The number of aliphatic hydroxyl groups is 2. The predicted molar refractivity (Wildman–Crippen MR) is 91.3 cm³/mol. The average molecular weight is 357 g/mol. The topological polar surface area (TPSA) is 106 Å². The summed E-state index contributed by atoms with van der Waals surface area (Å²) >= 11 is 0. The quantitative estimate of drug-likeness (QED) is 0.681. The van der Waals surface area contributed by atoms with Crippen molar-refractivity contribution in [3.8, 4) is 17.2 Å². The lowest BCUT2D eigenvalue weighted by molar-refractivity contribution is 0.0117. The minimum absolute atomic E-state index is 0.201. The lowest BCUT2D eigenvalue weighted by Gasteiger charge is -2.24. The third-order valence-electron chi connectivity index (χ3n) is 3.27. The van der Waals surface area contributed by atoms with Crippen LogP contribution in [0.25, 0.3) is 0 Å². The Morgan fingerprint density at radius 2 is 1.68 bits per heavy atom. The van der Waals surface area contributed by atoms with E-state index >= 15 is 0 Å². The molecule has 1 aromatic carbocycles. The number of hydrogen-bond acceptors (Lipinski definition) is 7. The Kier molecular flexibility index (Phi) is 7.32. The number of ether oxygens (including phenoxy) is 4. The van der Waals surface area contributed by atoms with E-state index in [1.165, 1.54) is 21.3 Å². The minimum atomic E-state index is -1.32. The van der Waals surface area contributed by atoms with Crippen molar-refractivity contribution in [2.45, 2.75) is 38.6 Å². The number of carbonyl (C=O) groups is 1. The fourth-order valence-corrected chi connectivity index (χ4v) is 2.18. The Labute approximate surface area is 147 Å². The van der Waals surface area contributed by atoms with Gasteiger partial charge in [-0.25, -0.2) is 4.79 Å². The van der Waals surface area contributed by atoms with Crippen molar-refractivity contribution in [1.29, 1.82) is 0 Å². The van der Waals surface area contributed by atoms with Crippen LogP contribution in [-0.4, -0.2) is 55.9 Å². The third kappa shape index (κ3) is 5.68. The number of hydrogen-bond donors (Lipinski definition) is 3. The molecule has 8 heteroatoms. The van der Waals surface area contributed by atoms with E-state index in [0.717, 1.165) is 0 Å². The maximum atomic E-state index is 11.6. The highest BCUT2D eigenvalue weighted by Gasteiger charge is 2.27. The molecule has 2 unspecified atom stereocenters. The SMILES string of the molecule is COc1ccc(C(O)C(O)CNC(=O)OC(C)(C)C)c(OC)c1OC. The molecule has 0 saturated carbocycles. The normalized spacial score (nSPS) is 13.6. The van der Waals surface area contributed by atoms with Gasteiger partial charge in [0.1, 0.15) is 17.8 Å². The first-order chi connectivity index (χ1) is 11.6. The number of nitrogens with one attached hydrogen (secondary N) is 1. The van der Waals surface area contributed by atoms with Crippen LogP contribution in [-0.2, 0) is 4.74 Å². The van der Waals surface area contributed by atoms with Crippen LogP contribution in [0, 0.1) is 0 Å². The first kappa shape index (κ1) is 20.9. The lowest BCUT2D eigenvalue weighted by atomic mass is 10.0. The average Bonchev–Trinajstić information content (AvgIpc) is 2.55. The van der Waals surface area contributed by atoms with Gasteiger partial charge in [0.05, 0.1) is 21.3 Å². The van der Waals surface area contributed by atoms with E-state index in [9.17, 15) is 15.0 Å². The second-order valence-electron chi connectivity index (χ2n) is 6.32. The largest absolute Gasteiger partial charge is 0.493 e. The number of methoxy groups -OCH3 is 3. The smallest absolute Gasteiger partial charge is 0.407 e. The van der Waals surface area contributed by atoms with Gasteiger partial charge in [0.2, 0.25) is 5.75 Å². The molecule has 0 saturated heterocycles. The summed E-state index contributed by atoms with van der Waals surface area (Å²) in [6.45, 7) is 4.98. The van der Waals surface area contributed by atoms with E-state index in [1.807, 2.05) is 0 Å². The Morgan fingerprint density at radius 3 is 2.16 bits per heavy atom. The van der Waals surface area contributed by atoms with Crippen LogP contribution >= 0.6 is 0 Å². The van der Waals surface area contributed by atoms with Gasteiger partial charge in [-0.05, 0) is 32.9 Å². The summed E-state index contributed by atoms with van der Waals surface area (Å²) in [5.41, 5.74) is -0.348. The maximum absolute atomic E-state index is 11.6. The Balaban J connectivity index is 2.88. The van der Waals surface area contributed by atoms with E-state index in [0.29, 0.717) is 17.1 Å². The van der Waals surface area contributed by atoms with Gasteiger partial charge >= 0.3 is 6.09 Å². The second-order valence-corrected chi connectivity index (χ2v) is 6.32. The molecule has 2 atom stereocenters. The molecule has 0 aliphatic heterocycles. The van der Waals surface area contributed by atoms with Gasteiger partial charge in [0.15, 0.2) is 11.5 Å². The van der Waals surface area contributed by atoms with Crippen LogP contribution in [0.4, 0.5) is 4.79 Å². The Bertz CT molecular complexity index is 583. The van der Waals surface area contributed by atoms with Gasteiger partial charge in [-0.3, -0.25) is 0 Å². The van der Waals surface area contributed by atoms with Crippen molar-refractivity contribution in [1.82, 2.24) is 5.32 Å². The number of aliphatic hydroxyl groups excluding tert-OH is 2. The molecule has 0 heterocycles. The number of carbonyl (C=O) groups excluding carboxylic acids is 1. The Hall–Kier alpha value is -2.19. The van der Waals surface area contributed by atoms with Gasteiger partial charge in [-0.1, -0.05) is 0 Å². The summed E-state index contributed by atoms with van der Waals surface area (Å²) < 4.78 is 20.8. The minimum Gasteiger partial charge on any atom is -0.493 e. The van der Waals surface area contributed by atoms with Crippen LogP contribution in [0.2, 0.25) is 0 Å². The maximum Gasteiger partial charge on any atom is 0.407 e. The van der Waals surface area contributed by atoms with Crippen molar-refractivity contribution in [3.05, 3.63) is 17.7 Å². The van der Waals surface area contributed by atoms with Gasteiger partial charge in [0, 0.05) is 12.1 Å². The zero-order chi connectivity index (χ0) is 19.2. The molecular weight excluding hydrogens is 330 g/mol. The molecule has 1 rings (SSSR count). The summed E-state index contributed by atoms with van der Waals surface area (Å²) in [6.07, 6.45) is -3.28. The molecule has 0 aliphatic rings. The number of rotatable bonds is 7. The summed E-state index contributed by atoms with van der Waals surface area (Å²) in [7, 11) is 4.34. The monoisotopic (exact) mass is 357 g/mol. The highest BCUT2D eigenvalue weighted by atomic mass is 16.6. The standard InChI is InChI=1S/C17H27NO7/c1-17(2,3)25-16(21)18-9-11(19)13(20)10-7-8-12(22-4)15(24-6)14(10)23-5/h7-8,11,13,19-20H,9H2,1-6H3,(H,18,21). The molecule has 142 valence electrons. The first-order valence-corrected chi connectivity index (χ1v) is 7.76. The van der Waals surface area contributed by atoms with Gasteiger partial charge in [0.25, 0.3) is 0 Å². The summed E-state index contributed by atoms with van der Waals surface area (Å²) in [6, 6.07) is 3.15. The van der Waals surface area contributed by atoms with E-state index in [-0.39, 0.29) is 12.3 Å². The van der Waals surface area contributed by atoms with E-state index in [4.69, 9.17) is 18.9 Å². The van der Waals surface area contributed by atoms with Crippen LogP contribution in [0.5, 0.6) is 17.2 Å². The van der Waals surface area contributed by atoms with E-state index in [1.54, 1.807) is 32.9 Å². The summed E-state index contributed by atoms with van der Waals surface area (Å²) in [5, 5.41) is 23.0. The lowest BCUT2D eigenvalue weighted by Crippen LogP contribution is -2.38. The summed E-state index contributed by atoms with van der Waals surface area (Å²) in [5.74, 6) is 0.969. The molecule has 25 heavy (non-hydrogen) atoms. The van der Waals surface area contributed by atoms with Crippen molar-refractivity contribution in [2.75, 3.05) is 27.9 Å². The van der Waals surface area contributed by atoms with Crippen LogP contribution in [0.3, 0.4) is 0 Å². The van der Waals surface area contributed by atoms with Crippen molar-refractivity contribution in [2.24, 2.45) is 0 Å². The number of alkyl carbamates (subject to hydrolysis) is 1. The fourth-order valence-electron chi connectivity index (χ4n) is 2.18. The fraction of sp³-hybridized carbons (Fsp3) is 0.588. The molecule has 8 nitrogen and oxygen atoms in total. The molecule has 3 N–H and O–H groups in total. The highest BCUT2D eigenvalue weighted by molar-refractivity contribution is 5.67. The first-order valence-electron chi connectivity index (χ1n) is 7.76. The highest BCUT2D eigenvalue weighted by Crippen LogP contribution is 2.42.